The Morgan fingerprint density at radius 1 is 1.03 bits per heavy atom. The highest BCUT2D eigenvalue weighted by Gasteiger charge is 2.40. The van der Waals surface area contributed by atoms with E-state index in [2.05, 4.69) is 15.5 Å². The average molecular weight is 460 g/mol. The van der Waals surface area contributed by atoms with E-state index in [4.69, 9.17) is 9.47 Å². The lowest BCUT2D eigenvalue weighted by molar-refractivity contribution is -0.116. The van der Waals surface area contributed by atoms with Crippen LogP contribution in [0, 0.1) is 6.92 Å². The average Bonchev–Trinajstić information content (AvgIpc) is 3.22. The van der Waals surface area contributed by atoms with E-state index in [1.54, 1.807) is 38.5 Å². The van der Waals surface area contributed by atoms with Crippen LogP contribution < -0.4 is 14.8 Å². The maximum atomic E-state index is 13.6. The number of allylic oxidation sites excluding steroid dienone is 2. The van der Waals surface area contributed by atoms with Gasteiger partial charge in [0.05, 0.1) is 19.8 Å². The van der Waals surface area contributed by atoms with Gasteiger partial charge in [-0.25, -0.2) is 4.79 Å². The number of anilines is 1. The number of rotatable bonds is 5. The number of aromatic carboxylic acids is 1. The number of carbonyl (C=O) groups is 2. The second-order valence-corrected chi connectivity index (χ2v) is 8.63. The van der Waals surface area contributed by atoms with Crippen molar-refractivity contribution in [1.82, 2.24) is 10.2 Å². The number of carbonyl (C=O) groups excluding carboxylic acids is 1. The number of H-pyrrole nitrogens is 1. The highest BCUT2D eigenvalue weighted by Crippen LogP contribution is 2.48. The summed E-state index contributed by atoms with van der Waals surface area (Å²) in [6.45, 7) is 1.93. The molecule has 5 rings (SSSR count). The molecule has 0 amide bonds. The van der Waals surface area contributed by atoms with Gasteiger partial charge in [-0.15, -0.1) is 0 Å². The smallest absolute Gasteiger partial charge is 0.335 e. The molecule has 2 heterocycles. The van der Waals surface area contributed by atoms with Crippen molar-refractivity contribution in [2.45, 2.75) is 31.6 Å². The number of carboxylic acid groups (broad SMARTS) is 1. The zero-order chi connectivity index (χ0) is 24.0. The molecule has 8 heteroatoms. The number of aromatic nitrogens is 2. The summed E-state index contributed by atoms with van der Waals surface area (Å²) in [6.07, 6.45) is 1.01. The van der Waals surface area contributed by atoms with Crippen molar-refractivity contribution in [3.63, 3.8) is 0 Å². The molecule has 174 valence electrons. The van der Waals surface area contributed by atoms with Crippen molar-refractivity contribution in [3.8, 4) is 11.5 Å². The minimum Gasteiger partial charge on any atom is -0.493 e. The van der Waals surface area contributed by atoms with E-state index in [0.29, 0.717) is 30.2 Å². The molecule has 0 bridgehead atoms. The van der Waals surface area contributed by atoms with Crippen LogP contribution in [0.25, 0.3) is 0 Å². The lowest BCUT2D eigenvalue weighted by Gasteiger charge is -2.35. The van der Waals surface area contributed by atoms with Gasteiger partial charge in [-0.2, -0.15) is 5.10 Å². The highest BCUT2D eigenvalue weighted by atomic mass is 16.5. The minimum atomic E-state index is -0.983. The normalized spacial score (nSPS) is 19.2. The van der Waals surface area contributed by atoms with Crippen molar-refractivity contribution in [2.24, 2.45) is 0 Å². The predicted molar refractivity (Wildman–Crippen MR) is 126 cm³/mol. The third-order valence-electron chi connectivity index (χ3n) is 6.72. The third-order valence-corrected chi connectivity index (χ3v) is 6.72. The standard InChI is InChI=1S/C26H25N3O5/c1-13-22-23(14-4-6-15(7-5-14)26(31)32)24-18(27-25(22)29-28-13)10-17(11-19(24)30)16-8-9-20(33-2)21(12-16)34-3/h4-9,12,17,23H,10-11H2,1-3H3,(H,31,32)(H2,27,28,29)/t17-,23-/m1/s1. The summed E-state index contributed by atoms with van der Waals surface area (Å²) in [6, 6.07) is 12.5. The van der Waals surface area contributed by atoms with Gasteiger partial charge in [-0.3, -0.25) is 9.89 Å². The van der Waals surface area contributed by atoms with E-state index in [9.17, 15) is 14.7 Å². The summed E-state index contributed by atoms with van der Waals surface area (Å²) >= 11 is 0. The molecule has 0 fully saturated rings. The van der Waals surface area contributed by atoms with Crippen LogP contribution in [0.2, 0.25) is 0 Å². The zero-order valence-corrected chi connectivity index (χ0v) is 19.1. The van der Waals surface area contributed by atoms with Gasteiger partial charge >= 0.3 is 5.97 Å². The molecule has 1 aromatic heterocycles. The molecule has 3 aromatic rings. The van der Waals surface area contributed by atoms with Crippen LogP contribution in [-0.4, -0.2) is 41.3 Å². The molecule has 34 heavy (non-hydrogen) atoms. The van der Waals surface area contributed by atoms with Crippen LogP contribution in [0.3, 0.4) is 0 Å². The Balaban J connectivity index is 1.57. The van der Waals surface area contributed by atoms with Crippen LogP contribution in [0.5, 0.6) is 11.5 Å². The van der Waals surface area contributed by atoms with E-state index in [-0.39, 0.29) is 23.2 Å². The predicted octanol–water partition coefficient (Wildman–Crippen LogP) is 4.39. The number of methoxy groups -OCH3 is 2. The van der Waals surface area contributed by atoms with Gasteiger partial charge < -0.3 is 19.9 Å². The lowest BCUT2D eigenvalue weighted by Crippen LogP contribution is -2.29. The van der Waals surface area contributed by atoms with Crippen molar-refractivity contribution in [1.29, 1.82) is 0 Å². The molecule has 0 saturated heterocycles. The molecule has 2 atom stereocenters. The van der Waals surface area contributed by atoms with Gasteiger partial charge in [0.15, 0.2) is 23.1 Å². The topological polar surface area (TPSA) is 114 Å². The first kappa shape index (κ1) is 21.8. The van der Waals surface area contributed by atoms with Gasteiger partial charge in [-0.05, 0) is 54.7 Å². The van der Waals surface area contributed by atoms with Crippen LogP contribution >= 0.6 is 0 Å². The van der Waals surface area contributed by atoms with Crippen molar-refractivity contribution in [2.75, 3.05) is 19.5 Å². The van der Waals surface area contributed by atoms with Crippen LogP contribution in [-0.2, 0) is 4.79 Å². The third kappa shape index (κ3) is 3.51. The lowest BCUT2D eigenvalue weighted by atomic mass is 9.72. The molecule has 2 aromatic carbocycles. The number of Topliss-reactive ketones (excluding diaryl/α,β-unsaturated/α-hetero) is 1. The van der Waals surface area contributed by atoms with Crippen molar-refractivity contribution in [3.05, 3.63) is 81.7 Å². The molecule has 1 aliphatic heterocycles. The first-order valence-corrected chi connectivity index (χ1v) is 11.0. The molecule has 0 saturated carbocycles. The van der Waals surface area contributed by atoms with E-state index >= 15 is 0 Å². The summed E-state index contributed by atoms with van der Waals surface area (Å²) in [4.78, 5) is 24.9. The molecule has 3 N–H and O–H groups in total. The fraction of sp³-hybridized carbons (Fsp3) is 0.269. The summed E-state index contributed by atoms with van der Waals surface area (Å²) < 4.78 is 10.8. The highest BCUT2D eigenvalue weighted by molar-refractivity contribution is 6.01. The Bertz CT molecular complexity index is 1320. The number of nitrogens with zero attached hydrogens (tertiary/aromatic N) is 1. The van der Waals surface area contributed by atoms with Crippen molar-refractivity contribution >= 4 is 17.6 Å². The number of nitrogens with one attached hydrogen (secondary N) is 2. The van der Waals surface area contributed by atoms with Gasteiger partial charge in [-0.1, -0.05) is 18.2 Å². The number of carboxylic acids is 1. The number of fused-ring (bicyclic) bond motifs is 1. The van der Waals surface area contributed by atoms with Gasteiger partial charge in [0.1, 0.15) is 0 Å². The number of hydrogen-bond donors (Lipinski definition) is 3. The van der Waals surface area contributed by atoms with Crippen LogP contribution in [0.1, 0.15) is 57.4 Å². The zero-order valence-electron chi connectivity index (χ0n) is 19.1. The fourth-order valence-corrected chi connectivity index (χ4v) is 5.05. The van der Waals surface area contributed by atoms with Crippen molar-refractivity contribution < 1.29 is 24.2 Å². The van der Waals surface area contributed by atoms with E-state index in [0.717, 1.165) is 33.7 Å². The minimum absolute atomic E-state index is 0.0184. The molecule has 1 aliphatic carbocycles. The van der Waals surface area contributed by atoms with Crippen LogP contribution in [0.15, 0.2) is 53.7 Å². The summed E-state index contributed by atoms with van der Waals surface area (Å²) in [5.74, 6) is 0.720. The Labute approximate surface area is 196 Å². The second-order valence-electron chi connectivity index (χ2n) is 8.63. The summed E-state index contributed by atoms with van der Waals surface area (Å²) in [7, 11) is 3.19. The SMILES string of the molecule is COc1ccc([C@H]2CC(=O)C3=C(C2)Nc2n[nH]c(C)c2[C@H]3c2ccc(C(=O)O)cc2)cc1OC. The maximum absolute atomic E-state index is 13.6. The van der Waals surface area contributed by atoms with Gasteiger partial charge in [0, 0.05) is 34.9 Å². The van der Waals surface area contributed by atoms with E-state index < -0.39 is 5.97 Å². The number of aromatic amines is 1. The van der Waals surface area contributed by atoms with Gasteiger partial charge in [0.25, 0.3) is 0 Å². The largest absolute Gasteiger partial charge is 0.493 e. The van der Waals surface area contributed by atoms with E-state index in [1.807, 2.05) is 25.1 Å². The van der Waals surface area contributed by atoms with E-state index in [1.165, 1.54) is 0 Å². The number of ketones is 1. The molecule has 0 spiro atoms. The number of aryl methyl sites for hydroxylation is 1. The summed E-state index contributed by atoms with van der Waals surface area (Å²) in [5.41, 5.74) is 5.43. The Hall–Kier alpha value is -4.07. The molecular formula is C26H25N3O5. The Morgan fingerprint density at radius 3 is 2.41 bits per heavy atom. The Morgan fingerprint density at radius 2 is 1.74 bits per heavy atom. The Kier molecular flexibility index (Phi) is 5.36. The number of hydrogen-bond acceptors (Lipinski definition) is 6. The second kappa shape index (κ2) is 8.37. The maximum Gasteiger partial charge on any atom is 0.335 e. The summed E-state index contributed by atoms with van der Waals surface area (Å²) in [5, 5.41) is 20.1. The van der Waals surface area contributed by atoms with Gasteiger partial charge in [0.2, 0.25) is 0 Å². The first-order chi connectivity index (χ1) is 16.4. The molecule has 0 unspecified atom stereocenters. The molecule has 0 radical (unpaired) electrons. The monoisotopic (exact) mass is 459 g/mol. The van der Waals surface area contributed by atoms with Crippen LogP contribution in [0.4, 0.5) is 5.82 Å². The number of benzene rings is 2. The first-order valence-electron chi connectivity index (χ1n) is 11.0. The molecule has 8 nitrogen and oxygen atoms in total. The quantitative estimate of drug-likeness (QED) is 0.518. The fourth-order valence-electron chi connectivity index (χ4n) is 5.05. The number of ether oxygens (including phenoxy) is 2. The molecule has 2 aliphatic rings. The molecular weight excluding hydrogens is 434 g/mol.